The molecule has 3 rings (SSSR count). The van der Waals surface area contributed by atoms with Crippen molar-refractivity contribution in [2.75, 3.05) is 0 Å². The molecule has 1 aromatic heterocycles. The Morgan fingerprint density at radius 2 is 2.31 bits per heavy atom. The van der Waals surface area contributed by atoms with Crippen LogP contribution in [0.15, 0.2) is 24.5 Å². The normalized spacial score (nSPS) is 19.4. The van der Waals surface area contributed by atoms with Gasteiger partial charge in [0, 0.05) is 5.56 Å². The lowest BCUT2D eigenvalue weighted by Gasteiger charge is -2.22. The molecule has 0 saturated heterocycles. The maximum absolute atomic E-state index is 4.19. The average Bonchev–Trinajstić information content (AvgIpc) is 2.83. The smallest absolute Gasteiger partial charge is 0.155 e. The van der Waals surface area contributed by atoms with Crippen molar-refractivity contribution >= 4 is 0 Å². The largest absolute Gasteiger partial charge is 0.259 e. The molecule has 2 aromatic rings. The van der Waals surface area contributed by atoms with Crippen LogP contribution in [0.3, 0.4) is 0 Å². The third-order valence-electron chi connectivity index (χ3n) is 3.45. The van der Waals surface area contributed by atoms with Gasteiger partial charge < -0.3 is 0 Å². The Morgan fingerprint density at radius 1 is 1.38 bits per heavy atom. The molecule has 16 heavy (non-hydrogen) atoms. The van der Waals surface area contributed by atoms with Crippen LogP contribution in [0.5, 0.6) is 0 Å². The second-order valence-corrected chi connectivity index (χ2v) is 4.54. The van der Waals surface area contributed by atoms with Gasteiger partial charge in [-0.25, -0.2) is 4.98 Å². The van der Waals surface area contributed by atoms with Crippen LogP contribution in [0.1, 0.15) is 36.8 Å². The summed E-state index contributed by atoms with van der Waals surface area (Å²) in [6.07, 6.45) is 5.39. The minimum Gasteiger partial charge on any atom is -0.259 e. The van der Waals surface area contributed by atoms with Gasteiger partial charge in [0.25, 0.3) is 0 Å². The summed E-state index contributed by atoms with van der Waals surface area (Å²) in [4.78, 5) is 4.19. The summed E-state index contributed by atoms with van der Waals surface area (Å²) >= 11 is 0. The monoisotopic (exact) mass is 213 g/mol. The van der Waals surface area contributed by atoms with Crippen molar-refractivity contribution in [1.29, 1.82) is 0 Å². The summed E-state index contributed by atoms with van der Waals surface area (Å²) in [5.41, 5.74) is 4.13. The zero-order chi connectivity index (χ0) is 11.0. The van der Waals surface area contributed by atoms with Crippen LogP contribution in [0.4, 0.5) is 0 Å². The molecule has 0 spiro atoms. The van der Waals surface area contributed by atoms with Crippen molar-refractivity contribution in [3.63, 3.8) is 0 Å². The predicted molar refractivity (Wildman–Crippen MR) is 63.2 cm³/mol. The number of benzene rings is 1. The fourth-order valence-corrected chi connectivity index (χ4v) is 2.53. The van der Waals surface area contributed by atoms with Crippen LogP contribution in [-0.4, -0.2) is 15.2 Å². The van der Waals surface area contributed by atoms with Crippen molar-refractivity contribution in [2.45, 2.75) is 32.1 Å². The number of nitrogens with one attached hydrogen (secondary N) is 1. The van der Waals surface area contributed by atoms with E-state index in [-0.39, 0.29) is 0 Å². The first-order valence-electron chi connectivity index (χ1n) is 5.83. The molecule has 1 atom stereocenters. The maximum Gasteiger partial charge on any atom is 0.155 e. The van der Waals surface area contributed by atoms with E-state index < -0.39 is 0 Å². The minimum atomic E-state index is 0.673. The number of aromatic amines is 1. The standard InChI is InChI=1S/C13H15N3/c1-9-3-2-4-10-5-6-11(7-12(9)10)13-14-8-15-16-13/h5-9H,2-4H2,1H3,(H,14,15,16). The zero-order valence-electron chi connectivity index (χ0n) is 9.40. The van der Waals surface area contributed by atoms with E-state index in [0.717, 1.165) is 11.4 Å². The van der Waals surface area contributed by atoms with Crippen molar-refractivity contribution in [1.82, 2.24) is 15.2 Å². The summed E-state index contributed by atoms with van der Waals surface area (Å²) in [5.74, 6) is 1.53. The number of nitrogens with zero attached hydrogens (tertiary/aromatic N) is 2. The van der Waals surface area contributed by atoms with Crippen molar-refractivity contribution in [3.8, 4) is 11.4 Å². The molecule has 0 bridgehead atoms. The maximum atomic E-state index is 4.19. The van der Waals surface area contributed by atoms with Crippen molar-refractivity contribution < 1.29 is 0 Å². The molecular formula is C13H15N3. The Labute approximate surface area is 94.9 Å². The van der Waals surface area contributed by atoms with Crippen LogP contribution in [0, 0.1) is 0 Å². The second kappa shape index (κ2) is 3.74. The fourth-order valence-electron chi connectivity index (χ4n) is 2.53. The van der Waals surface area contributed by atoms with Gasteiger partial charge in [0.1, 0.15) is 6.33 Å². The molecular weight excluding hydrogens is 198 g/mol. The molecule has 0 aliphatic heterocycles. The van der Waals surface area contributed by atoms with Crippen LogP contribution in [0.25, 0.3) is 11.4 Å². The molecule has 1 aliphatic carbocycles. The Bertz CT molecular complexity index is 488. The summed E-state index contributed by atoms with van der Waals surface area (Å²) in [7, 11) is 0. The first-order chi connectivity index (χ1) is 7.84. The van der Waals surface area contributed by atoms with E-state index in [1.165, 1.54) is 30.4 Å². The third-order valence-corrected chi connectivity index (χ3v) is 3.45. The van der Waals surface area contributed by atoms with Crippen molar-refractivity contribution in [2.24, 2.45) is 0 Å². The number of hydrogen-bond acceptors (Lipinski definition) is 2. The lowest BCUT2D eigenvalue weighted by molar-refractivity contribution is 0.590. The molecule has 1 aromatic carbocycles. The van der Waals surface area contributed by atoms with Crippen molar-refractivity contribution in [3.05, 3.63) is 35.7 Å². The van der Waals surface area contributed by atoms with Gasteiger partial charge in [-0.3, -0.25) is 5.10 Å². The highest BCUT2D eigenvalue weighted by Crippen LogP contribution is 2.33. The molecule has 3 heteroatoms. The molecule has 1 unspecified atom stereocenters. The topological polar surface area (TPSA) is 41.6 Å². The van der Waals surface area contributed by atoms with E-state index in [4.69, 9.17) is 0 Å². The molecule has 1 heterocycles. The van der Waals surface area contributed by atoms with Gasteiger partial charge in [0.2, 0.25) is 0 Å². The highest BCUT2D eigenvalue weighted by molar-refractivity contribution is 5.57. The molecule has 1 aliphatic rings. The van der Waals surface area contributed by atoms with E-state index >= 15 is 0 Å². The van der Waals surface area contributed by atoms with Gasteiger partial charge >= 0.3 is 0 Å². The first-order valence-corrected chi connectivity index (χ1v) is 5.83. The van der Waals surface area contributed by atoms with Gasteiger partial charge in [0.05, 0.1) is 0 Å². The number of H-pyrrole nitrogens is 1. The second-order valence-electron chi connectivity index (χ2n) is 4.54. The predicted octanol–water partition coefficient (Wildman–Crippen LogP) is 2.91. The molecule has 0 amide bonds. The van der Waals surface area contributed by atoms with Gasteiger partial charge in [-0.05, 0) is 42.4 Å². The van der Waals surface area contributed by atoms with Gasteiger partial charge in [0.15, 0.2) is 5.82 Å². The number of aromatic nitrogens is 3. The quantitative estimate of drug-likeness (QED) is 0.791. The number of hydrogen-bond donors (Lipinski definition) is 1. The van der Waals surface area contributed by atoms with Gasteiger partial charge in [-0.1, -0.05) is 19.1 Å². The summed E-state index contributed by atoms with van der Waals surface area (Å²) in [6.45, 7) is 2.31. The van der Waals surface area contributed by atoms with E-state index in [0.29, 0.717) is 5.92 Å². The summed E-state index contributed by atoms with van der Waals surface area (Å²) in [5, 5.41) is 6.81. The van der Waals surface area contributed by atoms with E-state index in [2.05, 4.69) is 40.3 Å². The van der Waals surface area contributed by atoms with Crippen LogP contribution < -0.4 is 0 Å². The average molecular weight is 213 g/mol. The molecule has 3 nitrogen and oxygen atoms in total. The lowest BCUT2D eigenvalue weighted by atomic mass is 9.83. The Hall–Kier alpha value is -1.64. The Morgan fingerprint density at radius 3 is 3.12 bits per heavy atom. The van der Waals surface area contributed by atoms with E-state index in [1.54, 1.807) is 6.33 Å². The Balaban J connectivity index is 2.07. The number of rotatable bonds is 1. The van der Waals surface area contributed by atoms with E-state index in [9.17, 15) is 0 Å². The van der Waals surface area contributed by atoms with Crippen LogP contribution >= 0.6 is 0 Å². The molecule has 0 saturated carbocycles. The van der Waals surface area contributed by atoms with Gasteiger partial charge in [-0.2, -0.15) is 5.10 Å². The number of aryl methyl sites for hydroxylation is 1. The lowest BCUT2D eigenvalue weighted by Crippen LogP contribution is -2.06. The summed E-state index contributed by atoms with van der Waals surface area (Å²) in [6, 6.07) is 6.64. The molecule has 1 N–H and O–H groups in total. The molecule has 0 radical (unpaired) electrons. The van der Waals surface area contributed by atoms with E-state index in [1.807, 2.05) is 0 Å². The third kappa shape index (κ3) is 1.52. The Kier molecular flexibility index (Phi) is 2.24. The highest BCUT2D eigenvalue weighted by atomic mass is 15.2. The zero-order valence-corrected chi connectivity index (χ0v) is 9.40. The fraction of sp³-hybridized carbons (Fsp3) is 0.385. The van der Waals surface area contributed by atoms with Crippen LogP contribution in [0.2, 0.25) is 0 Å². The molecule has 0 fully saturated rings. The first kappa shape index (κ1) is 9.58. The van der Waals surface area contributed by atoms with Crippen LogP contribution in [-0.2, 0) is 6.42 Å². The minimum absolute atomic E-state index is 0.673. The van der Waals surface area contributed by atoms with Gasteiger partial charge in [-0.15, -0.1) is 0 Å². The molecule has 82 valence electrons. The SMILES string of the molecule is CC1CCCc2ccc(-c3ncn[nH]3)cc21. The highest BCUT2D eigenvalue weighted by Gasteiger charge is 2.17. The summed E-state index contributed by atoms with van der Waals surface area (Å²) < 4.78 is 0. The number of fused-ring (bicyclic) bond motifs is 1.